The number of hydrogen-bond donors (Lipinski definition) is 1. The van der Waals surface area contributed by atoms with Crippen molar-refractivity contribution >= 4 is 27.8 Å². The first-order valence-corrected chi connectivity index (χ1v) is 15.5. The summed E-state index contributed by atoms with van der Waals surface area (Å²) in [7, 11) is -2.38. The van der Waals surface area contributed by atoms with Gasteiger partial charge >= 0.3 is 6.09 Å². The smallest absolute Gasteiger partial charge is 0.410 e. The zero-order chi connectivity index (χ0) is 31.2. The number of hydrogen-bond acceptors (Lipinski definition) is 6. The van der Waals surface area contributed by atoms with Gasteiger partial charge in [0.15, 0.2) is 5.78 Å². The van der Waals surface area contributed by atoms with Crippen LogP contribution in [-0.4, -0.2) is 80.6 Å². The minimum Gasteiger partial charge on any atom is -0.444 e. The zero-order valence-electron chi connectivity index (χ0n) is 24.7. The topological polar surface area (TPSA) is 113 Å². The van der Waals surface area contributed by atoms with Crippen molar-refractivity contribution in [2.24, 2.45) is 5.92 Å². The van der Waals surface area contributed by atoms with Gasteiger partial charge in [0.05, 0.1) is 17.9 Å². The van der Waals surface area contributed by atoms with Crippen LogP contribution in [0.1, 0.15) is 56.0 Å². The van der Waals surface area contributed by atoms with Crippen molar-refractivity contribution in [3.8, 4) is 11.1 Å². The van der Waals surface area contributed by atoms with Crippen LogP contribution in [0.3, 0.4) is 0 Å². The molecule has 0 spiro atoms. The predicted molar refractivity (Wildman–Crippen MR) is 155 cm³/mol. The van der Waals surface area contributed by atoms with E-state index in [9.17, 15) is 31.6 Å². The molecule has 3 rings (SSSR count). The highest BCUT2D eigenvalue weighted by Gasteiger charge is 2.29. The number of carbonyl (C=O) groups excluding carboxylic acids is 3. The largest absolute Gasteiger partial charge is 0.444 e. The first-order chi connectivity index (χ1) is 19.5. The second kappa shape index (κ2) is 13.7. The lowest BCUT2D eigenvalue weighted by Gasteiger charge is -2.33. The first-order valence-electron chi connectivity index (χ1n) is 13.8. The number of nitrogens with zero attached hydrogens (tertiary/aromatic N) is 2. The van der Waals surface area contributed by atoms with Crippen molar-refractivity contribution in [1.29, 1.82) is 0 Å². The van der Waals surface area contributed by atoms with Gasteiger partial charge in [0.1, 0.15) is 17.2 Å². The number of nitrogens with one attached hydrogen (secondary N) is 1. The molecule has 0 bridgehead atoms. The van der Waals surface area contributed by atoms with Gasteiger partial charge in [-0.3, -0.25) is 9.59 Å². The Balaban J connectivity index is 1.56. The number of sulfonamides is 1. The molecule has 0 aromatic heterocycles. The molecule has 1 aliphatic heterocycles. The number of aryl methyl sites for hydroxylation is 1. The Kier molecular flexibility index (Phi) is 10.8. The van der Waals surface area contributed by atoms with Gasteiger partial charge in [0, 0.05) is 33.1 Å². The van der Waals surface area contributed by atoms with Gasteiger partial charge in [-0.25, -0.2) is 26.7 Å². The van der Waals surface area contributed by atoms with Crippen LogP contribution in [0.15, 0.2) is 36.4 Å². The second-order valence-electron chi connectivity index (χ2n) is 11.7. The molecule has 42 heavy (non-hydrogen) atoms. The van der Waals surface area contributed by atoms with E-state index in [0.717, 1.165) is 0 Å². The Morgan fingerprint density at radius 1 is 1.12 bits per heavy atom. The molecule has 1 atom stereocenters. The summed E-state index contributed by atoms with van der Waals surface area (Å²) in [6.45, 7) is 6.97. The van der Waals surface area contributed by atoms with Crippen molar-refractivity contribution in [3.05, 3.63) is 59.2 Å². The maximum absolute atomic E-state index is 14.8. The van der Waals surface area contributed by atoms with Crippen molar-refractivity contribution in [1.82, 2.24) is 14.5 Å². The molecule has 12 heteroatoms. The third-order valence-corrected chi connectivity index (χ3v) is 8.35. The first kappa shape index (κ1) is 33.1. The van der Waals surface area contributed by atoms with Crippen molar-refractivity contribution < 1.29 is 36.3 Å². The summed E-state index contributed by atoms with van der Waals surface area (Å²) in [5, 5.41) is 0. The highest BCUT2D eigenvalue weighted by atomic mass is 32.2. The molecule has 2 aromatic rings. The van der Waals surface area contributed by atoms with Gasteiger partial charge in [0.2, 0.25) is 15.9 Å². The van der Waals surface area contributed by atoms with Gasteiger partial charge < -0.3 is 14.5 Å². The third-order valence-electron chi connectivity index (χ3n) is 6.86. The Morgan fingerprint density at radius 3 is 2.50 bits per heavy atom. The minimum atomic E-state index is -3.93. The number of piperidine rings is 1. The number of carbonyl (C=O) groups is 3. The number of Topliss-reactive ketones (excluding diaryl/α,β-unsaturated/α-hetero) is 1. The average molecular weight is 608 g/mol. The van der Waals surface area contributed by atoms with Gasteiger partial charge in [-0.1, -0.05) is 12.1 Å². The summed E-state index contributed by atoms with van der Waals surface area (Å²) < 4.78 is 61.7. The molecule has 1 aliphatic rings. The summed E-state index contributed by atoms with van der Waals surface area (Å²) in [6, 6.07) is 8.45. The summed E-state index contributed by atoms with van der Waals surface area (Å²) in [6.07, 6.45) is 0.736. The SMILES string of the molecule is Cc1cc(-c2cccc(F)c2)cc(C(=O)CNS(=O)(=O)CC2CCCN(C(=O)CCN(C)C(=O)OC(C)(C)C)C2)c1F. The molecule has 2 aromatic carbocycles. The van der Waals surface area contributed by atoms with Crippen molar-refractivity contribution in [2.75, 3.05) is 39.0 Å². The van der Waals surface area contributed by atoms with E-state index in [2.05, 4.69) is 4.72 Å². The van der Waals surface area contributed by atoms with Crippen LogP contribution in [-0.2, 0) is 19.6 Å². The number of rotatable bonds is 10. The van der Waals surface area contributed by atoms with Gasteiger partial charge in [0.25, 0.3) is 0 Å². The van der Waals surface area contributed by atoms with E-state index in [1.807, 2.05) is 0 Å². The lowest BCUT2D eigenvalue weighted by atomic mass is 9.97. The zero-order valence-corrected chi connectivity index (χ0v) is 25.5. The monoisotopic (exact) mass is 607 g/mol. The number of ether oxygens (including phenoxy) is 1. The maximum atomic E-state index is 14.8. The Morgan fingerprint density at radius 2 is 1.83 bits per heavy atom. The number of likely N-dealkylation sites (tertiary alicyclic amines) is 1. The van der Waals surface area contributed by atoms with E-state index in [-0.39, 0.29) is 48.2 Å². The summed E-state index contributed by atoms with van der Waals surface area (Å²) >= 11 is 0. The maximum Gasteiger partial charge on any atom is 0.410 e. The van der Waals surface area contributed by atoms with Gasteiger partial charge in [-0.2, -0.15) is 0 Å². The van der Waals surface area contributed by atoms with Gasteiger partial charge in [-0.05, 0) is 87.4 Å². The molecule has 1 saturated heterocycles. The number of benzene rings is 2. The molecule has 1 N–H and O–H groups in total. The van der Waals surface area contributed by atoms with Crippen LogP contribution in [0, 0.1) is 24.5 Å². The fourth-order valence-electron chi connectivity index (χ4n) is 4.73. The highest BCUT2D eigenvalue weighted by molar-refractivity contribution is 7.89. The lowest BCUT2D eigenvalue weighted by molar-refractivity contribution is -0.133. The van der Waals surface area contributed by atoms with Gasteiger partial charge in [-0.15, -0.1) is 0 Å². The molecule has 1 fully saturated rings. The standard InChI is InChI=1S/C30H39F2N3O6S/c1-20-14-23(22-9-6-10-24(31)15-22)16-25(28(20)32)26(36)17-33-42(39,40)19-21-8-7-12-35(18-21)27(37)11-13-34(5)29(38)41-30(2,3)4/h6,9-10,14-16,21,33H,7-8,11-13,17-19H2,1-5H3. The molecular formula is C30H39F2N3O6S. The lowest BCUT2D eigenvalue weighted by Crippen LogP contribution is -2.44. The van der Waals surface area contributed by atoms with Crippen molar-refractivity contribution in [3.63, 3.8) is 0 Å². The molecule has 1 heterocycles. The van der Waals surface area contributed by atoms with Crippen LogP contribution in [0.5, 0.6) is 0 Å². The predicted octanol–water partition coefficient (Wildman–Crippen LogP) is 4.54. The van der Waals surface area contributed by atoms with Crippen LogP contribution >= 0.6 is 0 Å². The molecule has 1 unspecified atom stereocenters. The van der Waals surface area contributed by atoms with Crippen LogP contribution in [0.4, 0.5) is 13.6 Å². The molecule has 0 saturated carbocycles. The fraction of sp³-hybridized carbons (Fsp3) is 0.500. The fourth-order valence-corrected chi connectivity index (χ4v) is 6.09. The Labute approximate surface area is 246 Å². The second-order valence-corrected chi connectivity index (χ2v) is 13.5. The quantitative estimate of drug-likeness (QED) is 0.397. The van der Waals surface area contributed by atoms with E-state index in [4.69, 9.17) is 4.74 Å². The van der Waals surface area contributed by atoms with Crippen LogP contribution in [0.2, 0.25) is 0 Å². The molecule has 0 aliphatic carbocycles. The number of amides is 2. The molecule has 0 radical (unpaired) electrons. The highest BCUT2D eigenvalue weighted by Crippen LogP contribution is 2.26. The summed E-state index contributed by atoms with van der Waals surface area (Å²) in [5.74, 6) is -2.85. The molecule has 230 valence electrons. The molecular weight excluding hydrogens is 568 g/mol. The van der Waals surface area contributed by atoms with E-state index < -0.39 is 45.7 Å². The van der Waals surface area contributed by atoms with E-state index in [1.165, 1.54) is 42.2 Å². The summed E-state index contributed by atoms with van der Waals surface area (Å²) in [4.78, 5) is 40.7. The van der Waals surface area contributed by atoms with E-state index >= 15 is 0 Å². The van der Waals surface area contributed by atoms with Crippen LogP contribution in [0.25, 0.3) is 11.1 Å². The summed E-state index contributed by atoms with van der Waals surface area (Å²) in [5.41, 5.74) is 0.124. The number of halogens is 2. The minimum absolute atomic E-state index is 0.0711. The van der Waals surface area contributed by atoms with Crippen molar-refractivity contribution in [2.45, 2.75) is 52.6 Å². The molecule has 2 amide bonds. The molecule has 9 nitrogen and oxygen atoms in total. The van der Waals surface area contributed by atoms with E-state index in [1.54, 1.807) is 38.8 Å². The average Bonchev–Trinajstić information content (AvgIpc) is 2.90. The Bertz CT molecular complexity index is 1420. The Hall–Kier alpha value is -3.38. The normalized spacial score (nSPS) is 15.8. The third kappa shape index (κ3) is 9.59. The van der Waals surface area contributed by atoms with E-state index in [0.29, 0.717) is 30.5 Å². The van der Waals surface area contributed by atoms with Crippen LogP contribution < -0.4 is 4.72 Å². The number of ketones is 1.